The number of hydrogen-bond donors (Lipinski definition) is 3. The number of hydrogen-bond acceptors (Lipinski definition) is 7. The Bertz CT molecular complexity index is 1110. The number of carbonyl (C=O) groups is 1. The predicted octanol–water partition coefficient (Wildman–Crippen LogP) is 3.48. The summed E-state index contributed by atoms with van der Waals surface area (Å²) in [7, 11) is 4.95. The normalized spacial score (nSPS) is 20.7. The molecule has 3 aromatic rings. The van der Waals surface area contributed by atoms with Gasteiger partial charge < -0.3 is 29.8 Å². The highest BCUT2D eigenvalue weighted by atomic mass is 16.5. The largest absolute Gasteiger partial charge is 0.495 e. The molecule has 0 unspecified atom stereocenters. The van der Waals surface area contributed by atoms with Crippen molar-refractivity contribution in [3.8, 4) is 11.6 Å². The van der Waals surface area contributed by atoms with Crippen molar-refractivity contribution in [3.63, 3.8) is 0 Å². The van der Waals surface area contributed by atoms with Crippen LogP contribution in [0.2, 0.25) is 0 Å². The van der Waals surface area contributed by atoms with Crippen LogP contribution < -0.4 is 14.8 Å². The average Bonchev–Trinajstić information content (AvgIpc) is 3.24. The standard InChI is InChI=1S/C23H29N5O4/c1-23(30)10-7-15(8-11-23)32-20-16-9-12-24-19(16)26-22(27-20)25-17-6-5-14(13-18(17)31-4)21(29)28(2)3/h5-6,9,12-13,15,30H,7-8,10-11H2,1-4H3,(H2,24,25,26,27). The zero-order valence-corrected chi connectivity index (χ0v) is 18.8. The Labute approximate surface area is 186 Å². The van der Waals surface area contributed by atoms with Gasteiger partial charge in [0.05, 0.1) is 23.8 Å². The van der Waals surface area contributed by atoms with Gasteiger partial charge in [-0.3, -0.25) is 4.79 Å². The van der Waals surface area contributed by atoms with Gasteiger partial charge in [-0.25, -0.2) is 0 Å². The minimum atomic E-state index is -0.627. The van der Waals surface area contributed by atoms with Crippen LogP contribution in [0.5, 0.6) is 11.6 Å². The number of methoxy groups -OCH3 is 1. The Kier molecular flexibility index (Phi) is 5.92. The lowest BCUT2D eigenvalue weighted by atomic mass is 9.85. The summed E-state index contributed by atoms with van der Waals surface area (Å²) in [5.74, 6) is 1.23. The van der Waals surface area contributed by atoms with Crippen molar-refractivity contribution < 1.29 is 19.4 Å². The second-order valence-electron chi connectivity index (χ2n) is 8.65. The number of anilines is 2. The van der Waals surface area contributed by atoms with Crippen molar-refractivity contribution >= 4 is 28.6 Å². The molecule has 2 heterocycles. The molecule has 1 aliphatic carbocycles. The van der Waals surface area contributed by atoms with Crippen LogP contribution in [0.25, 0.3) is 11.0 Å². The van der Waals surface area contributed by atoms with Gasteiger partial charge in [0.25, 0.3) is 5.91 Å². The van der Waals surface area contributed by atoms with E-state index in [4.69, 9.17) is 9.47 Å². The van der Waals surface area contributed by atoms with Crippen LogP contribution in [0.1, 0.15) is 43.0 Å². The lowest BCUT2D eigenvalue weighted by molar-refractivity contribution is -0.0114. The molecule has 32 heavy (non-hydrogen) atoms. The molecule has 0 saturated heterocycles. The maximum absolute atomic E-state index is 12.3. The van der Waals surface area contributed by atoms with Gasteiger partial charge in [-0.05, 0) is 56.9 Å². The molecule has 170 valence electrons. The monoisotopic (exact) mass is 439 g/mol. The summed E-state index contributed by atoms with van der Waals surface area (Å²) in [6, 6.07) is 7.06. The molecule has 3 N–H and O–H groups in total. The Morgan fingerprint density at radius 2 is 2.00 bits per heavy atom. The number of carbonyl (C=O) groups excluding carboxylic acids is 1. The highest BCUT2D eigenvalue weighted by Gasteiger charge is 2.30. The van der Waals surface area contributed by atoms with E-state index in [2.05, 4.69) is 20.3 Å². The molecule has 9 heteroatoms. The molecule has 0 aliphatic heterocycles. The van der Waals surface area contributed by atoms with E-state index in [1.807, 2.05) is 13.0 Å². The van der Waals surface area contributed by atoms with E-state index in [0.29, 0.717) is 47.3 Å². The topological polar surface area (TPSA) is 113 Å². The summed E-state index contributed by atoms with van der Waals surface area (Å²) in [5, 5.41) is 14.2. The third kappa shape index (κ3) is 4.62. The molecular weight excluding hydrogens is 410 g/mol. The third-order valence-electron chi connectivity index (χ3n) is 5.77. The van der Waals surface area contributed by atoms with Crippen LogP contribution in [0, 0.1) is 0 Å². The molecule has 0 spiro atoms. The first-order valence-corrected chi connectivity index (χ1v) is 10.7. The average molecular weight is 440 g/mol. The van der Waals surface area contributed by atoms with E-state index in [1.54, 1.807) is 45.6 Å². The maximum atomic E-state index is 12.3. The van der Waals surface area contributed by atoms with Gasteiger partial charge in [-0.15, -0.1) is 0 Å². The van der Waals surface area contributed by atoms with Crippen LogP contribution >= 0.6 is 0 Å². The van der Waals surface area contributed by atoms with Gasteiger partial charge in [0.1, 0.15) is 17.5 Å². The fraction of sp³-hybridized carbons (Fsp3) is 0.435. The molecule has 0 radical (unpaired) electrons. The van der Waals surface area contributed by atoms with Crippen LogP contribution in [0.15, 0.2) is 30.5 Å². The molecule has 0 bridgehead atoms. The van der Waals surface area contributed by atoms with E-state index in [1.165, 1.54) is 4.90 Å². The van der Waals surface area contributed by atoms with Gasteiger partial charge in [-0.1, -0.05) is 0 Å². The molecule has 1 fully saturated rings. The van der Waals surface area contributed by atoms with E-state index in [-0.39, 0.29) is 12.0 Å². The summed E-state index contributed by atoms with van der Waals surface area (Å²) in [6.07, 6.45) is 4.70. The van der Waals surface area contributed by atoms with E-state index in [9.17, 15) is 9.90 Å². The van der Waals surface area contributed by atoms with E-state index in [0.717, 1.165) is 18.2 Å². The van der Waals surface area contributed by atoms with Gasteiger partial charge in [-0.2, -0.15) is 9.97 Å². The van der Waals surface area contributed by atoms with Crippen molar-refractivity contribution in [2.24, 2.45) is 0 Å². The summed E-state index contributed by atoms with van der Waals surface area (Å²) >= 11 is 0. The first-order valence-electron chi connectivity index (χ1n) is 10.7. The number of ether oxygens (including phenoxy) is 2. The molecular formula is C23H29N5O4. The molecule has 1 aromatic carbocycles. The van der Waals surface area contributed by atoms with Crippen LogP contribution in [0.3, 0.4) is 0 Å². The molecule has 1 amide bonds. The second kappa shape index (κ2) is 8.66. The highest BCUT2D eigenvalue weighted by Crippen LogP contribution is 2.33. The zero-order chi connectivity index (χ0) is 22.9. The SMILES string of the molecule is COc1cc(C(=O)N(C)C)ccc1Nc1nc(OC2CCC(C)(O)CC2)c2cc[nH]c2n1. The lowest BCUT2D eigenvalue weighted by Gasteiger charge is -2.32. The fourth-order valence-corrected chi connectivity index (χ4v) is 3.85. The predicted molar refractivity (Wildman–Crippen MR) is 122 cm³/mol. The van der Waals surface area contributed by atoms with Crippen LogP contribution in [0.4, 0.5) is 11.6 Å². The Morgan fingerprint density at radius 3 is 2.69 bits per heavy atom. The maximum Gasteiger partial charge on any atom is 0.253 e. The number of nitrogens with one attached hydrogen (secondary N) is 2. The molecule has 1 aliphatic rings. The highest BCUT2D eigenvalue weighted by molar-refractivity contribution is 5.95. The Balaban J connectivity index is 1.59. The molecule has 4 rings (SSSR count). The minimum Gasteiger partial charge on any atom is -0.495 e. The number of nitrogens with zero attached hydrogens (tertiary/aromatic N) is 3. The van der Waals surface area contributed by atoms with Gasteiger partial charge >= 0.3 is 0 Å². The van der Waals surface area contributed by atoms with Gasteiger partial charge in [0.2, 0.25) is 11.8 Å². The second-order valence-corrected chi connectivity index (χ2v) is 8.65. The molecule has 0 atom stereocenters. The number of rotatable bonds is 6. The zero-order valence-electron chi connectivity index (χ0n) is 18.8. The van der Waals surface area contributed by atoms with Crippen molar-refractivity contribution in [3.05, 3.63) is 36.0 Å². The quantitative estimate of drug-likeness (QED) is 0.539. The van der Waals surface area contributed by atoms with Crippen molar-refractivity contribution in [2.45, 2.75) is 44.3 Å². The minimum absolute atomic E-state index is 0.0121. The lowest BCUT2D eigenvalue weighted by Crippen LogP contribution is -2.35. The summed E-state index contributed by atoms with van der Waals surface area (Å²) in [5.41, 5.74) is 1.18. The van der Waals surface area contributed by atoms with Crippen LogP contribution in [-0.4, -0.2) is 63.8 Å². The first-order chi connectivity index (χ1) is 15.3. The number of aliphatic hydroxyl groups is 1. The number of amides is 1. The smallest absolute Gasteiger partial charge is 0.253 e. The number of benzene rings is 1. The van der Waals surface area contributed by atoms with E-state index >= 15 is 0 Å². The number of fused-ring (bicyclic) bond motifs is 1. The third-order valence-corrected chi connectivity index (χ3v) is 5.77. The first kappa shape index (κ1) is 21.9. The number of H-pyrrole nitrogens is 1. The summed E-state index contributed by atoms with van der Waals surface area (Å²) in [4.78, 5) is 26.0. The van der Waals surface area contributed by atoms with Crippen LogP contribution in [-0.2, 0) is 0 Å². The summed E-state index contributed by atoms with van der Waals surface area (Å²) in [6.45, 7) is 1.87. The van der Waals surface area contributed by atoms with Crippen molar-refractivity contribution in [1.82, 2.24) is 19.9 Å². The molecule has 1 saturated carbocycles. The number of aromatic amines is 1. The van der Waals surface area contributed by atoms with Gasteiger partial charge in [0, 0.05) is 25.9 Å². The van der Waals surface area contributed by atoms with Gasteiger partial charge in [0.15, 0.2) is 0 Å². The Morgan fingerprint density at radius 1 is 1.25 bits per heavy atom. The van der Waals surface area contributed by atoms with Crippen molar-refractivity contribution in [1.29, 1.82) is 0 Å². The number of aromatic nitrogens is 3. The van der Waals surface area contributed by atoms with E-state index < -0.39 is 5.60 Å². The molecule has 9 nitrogen and oxygen atoms in total. The summed E-state index contributed by atoms with van der Waals surface area (Å²) < 4.78 is 11.7. The fourth-order valence-electron chi connectivity index (χ4n) is 3.85. The Hall–Kier alpha value is -3.33. The molecule has 2 aromatic heterocycles. The van der Waals surface area contributed by atoms with Crippen molar-refractivity contribution in [2.75, 3.05) is 26.5 Å².